The predicted molar refractivity (Wildman–Crippen MR) is 56.1 cm³/mol. The Labute approximate surface area is 82.8 Å². The zero-order valence-electron chi connectivity index (χ0n) is 8.03. The van der Waals surface area contributed by atoms with Gasteiger partial charge in [-0.3, -0.25) is 4.98 Å². The molecule has 0 aliphatic carbocycles. The van der Waals surface area contributed by atoms with Gasteiger partial charge in [-0.15, -0.1) is 0 Å². The van der Waals surface area contributed by atoms with E-state index in [-0.39, 0.29) is 0 Å². The third-order valence-corrected chi connectivity index (χ3v) is 1.91. The molecule has 0 fully saturated rings. The summed E-state index contributed by atoms with van der Waals surface area (Å²) in [4.78, 5) is 4.23. The van der Waals surface area contributed by atoms with Gasteiger partial charge in [-0.25, -0.2) is 0 Å². The molecule has 0 spiro atoms. The third kappa shape index (κ3) is 1.76. The molecule has 2 aromatic heterocycles. The van der Waals surface area contributed by atoms with Gasteiger partial charge in [0.15, 0.2) is 5.76 Å². The molecule has 2 rings (SSSR count). The molecular weight excluding hydrogens is 176 g/mol. The minimum Gasteiger partial charge on any atom is -0.463 e. The Hall–Kier alpha value is -1.77. The molecule has 2 aromatic rings. The van der Waals surface area contributed by atoms with Crippen LogP contribution in [0.2, 0.25) is 0 Å². The van der Waals surface area contributed by atoms with Crippen LogP contribution < -0.4 is 5.32 Å². The van der Waals surface area contributed by atoms with Gasteiger partial charge in [-0.05, 0) is 31.2 Å². The Kier molecular flexibility index (Phi) is 2.49. The highest BCUT2D eigenvalue weighted by Crippen LogP contribution is 2.19. The van der Waals surface area contributed by atoms with Crippen LogP contribution in [0.5, 0.6) is 0 Å². The van der Waals surface area contributed by atoms with Crippen LogP contribution >= 0.6 is 0 Å². The molecule has 0 unspecified atom stereocenters. The number of anilines is 1. The zero-order valence-corrected chi connectivity index (χ0v) is 8.03. The summed E-state index contributed by atoms with van der Waals surface area (Å²) in [6.07, 6.45) is 3.42. The van der Waals surface area contributed by atoms with E-state index in [0.717, 1.165) is 23.7 Å². The lowest BCUT2D eigenvalue weighted by Gasteiger charge is -2.03. The fourth-order valence-electron chi connectivity index (χ4n) is 1.30. The SMILES string of the molecule is CCNc1ccnc(-c2ccco2)c1. The standard InChI is InChI=1S/C11H12N2O/c1-2-12-9-5-6-13-10(8-9)11-4-3-7-14-11/h3-8H,2H2,1H3,(H,12,13). The van der Waals surface area contributed by atoms with E-state index < -0.39 is 0 Å². The Morgan fingerprint density at radius 3 is 3.07 bits per heavy atom. The summed E-state index contributed by atoms with van der Waals surface area (Å²) < 4.78 is 5.26. The first-order valence-corrected chi connectivity index (χ1v) is 4.64. The van der Waals surface area contributed by atoms with E-state index in [2.05, 4.69) is 17.2 Å². The summed E-state index contributed by atoms with van der Waals surface area (Å²) in [6, 6.07) is 7.67. The first kappa shape index (κ1) is 8.81. The molecule has 0 aromatic carbocycles. The second-order valence-electron chi connectivity index (χ2n) is 2.94. The van der Waals surface area contributed by atoms with Gasteiger partial charge < -0.3 is 9.73 Å². The van der Waals surface area contributed by atoms with E-state index in [1.165, 1.54) is 0 Å². The second-order valence-corrected chi connectivity index (χ2v) is 2.94. The van der Waals surface area contributed by atoms with Crippen molar-refractivity contribution in [3.63, 3.8) is 0 Å². The number of rotatable bonds is 3. The van der Waals surface area contributed by atoms with Crippen LogP contribution in [-0.4, -0.2) is 11.5 Å². The second kappa shape index (κ2) is 3.96. The fourth-order valence-corrected chi connectivity index (χ4v) is 1.30. The summed E-state index contributed by atoms with van der Waals surface area (Å²) >= 11 is 0. The molecule has 0 amide bonds. The van der Waals surface area contributed by atoms with Crippen LogP contribution in [0, 0.1) is 0 Å². The first-order valence-electron chi connectivity index (χ1n) is 4.64. The van der Waals surface area contributed by atoms with Gasteiger partial charge in [-0.1, -0.05) is 0 Å². The lowest BCUT2D eigenvalue weighted by molar-refractivity contribution is 0.580. The van der Waals surface area contributed by atoms with Gasteiger partial charge in [0.25, 0.3) is 0 Å². The average Bonchev–Trinajstić information content (AvgIpc) is 2.71. The molecule has 14 heavy (non-hydrogen) atoms. The molecule has 3 nitrogen and oxygen atoms in total. The van der Waals surface area contributed by atoms with Crippen molar-refractivity contribution in [3.05, 3.63) is 36.7 Å². The molecule has 0 bridgehead atoms. The summed E-state index contributed by atoms with van der Waals surface area (Å²) in [6.45, 7) is 2.97. The third-order valence-electron chi connectivity index (χ3n) is 1.91. The zero-order chi connectivity index (χ0) is 9.80. The lowest BCUT2D eigenvalue weighted by Crippen LogP contribution is -1.96. The van der Waals surface area contributed by atoms with Gasteiger partial charge >= 0.3 is 0 Å². The highest BCUT2D eigenvalue weighted by molar-refractivity contribution is 5.58. The van der Waals surface area contributed by atoms with Gasteiger partial charge in [-0.2, -0.15) is 0 Å². The van der Waals surface area contributed by atoms with Gasteiger partial charge in [0.1, 0.15) is 5.69 Å². The van der Waals surface area contributed by atoms with Gasteiger partial charge in [0, 0.05) is 18.4 Å². The number of hydrogen-bond donors (Lipinski definition) is 1. The highest BCUT2D eigenvalue weighted by Gasteiger charge is 2.01. The van der Waals surface area contributed by atoms with Crippen molar-refractivity contribution in [1.29, 1.82) is 0 Å². The maximum Gasteiger partial charge on any atom is 0.152 e. The average molecular weight is 188 g/mol. The highest BCUT2D eigenvalue weighted by atomic mass is 16.3. The van der Waals surface area contributed by atoms with Crippen molar-refractivity contribution in [2.45, 2.75) is 6.92 Å². The van der Waals surface area contributed by atoms with Crippen LogP contribution in [0.1, 0.15) is 6.92 Å². The number of hydrogen-bond acceptors (Lipinski definition) is 3. The van der Waals surface area contributed by atoms with Crippen LogP contribution in [0.3, 0.4) is 0 Å². The minimum atomic E-state index is 0.796. The lowest BCUT2D eigenvalue weighted by atomic mass is 10.2. The molecule has 0 atom stereocenters. The maximum atomic E-state index is 5.26. The van der Waals surface area contributed by atoms with Crippen molar-refractivity contribution in [2.24, 2.45) is 0 Å². The molecule has 0 saturated heterocycles. The van der Waals surface area contributed by atoms with Crippen LogP contribution in [0.15, 0.2) is 41.1 Å². The monoisotopic (exact) mass is 188 g/mol. The van der Waals surface area contributed by atoms with E-state index in [0.29, 0.717) is 0 Å². The quantitative estimate of drug-likeness (QED) is 0.804. The number of nitrogens with one attached hydrogen (secondary N) is 1. The molecule has 1 N–H and O–H groups in total. The van der Waals surface area contributed by atoms with E-state index >= 15 is 0 Å². The fraction of sp³-hybridized carbons (Fsp3) is 0.182. The van der Waals surface area contributed by atoms with E-state index in [4.69, 9.17) is 4.42 Å². The van der Waals surface area contributed by atoms with Gasteiger partial charge in [0.05, 0.1) is 6.26 Å². The molecule has 2 heterocycles. The minimum absolute atomic E-state index is 0.796. The molecule has 3 heteroatoms. The summed E-state index contributed by atoms with van der Waals surface area (Å²) in [5, 5.41) is 3.23. The summed E-state index contributed by atoms with van der Waals surface area (Å²) in [5.41, 5.74) is 1.92. The van der Waals surface area contributed by atoms with E-state index in [1.807, 2.05) is 24.3 Å². The van der Waals surface area contributed by atoms with E-state index in [9.17, 15) is 0 Å². The number of pyridine rings is 1. The Morgan fingerprint density at radius 1 is 1.43 bits per heavy atom. The van der Waals surface area contributed by atoms with Gasteiger partial charge in [0.2, 0.25) is 0 Å². The maximum absolute atomic E-state index is 5.26. The van der Waals surface area contributed by atoms with Crippen molar-refractivity contribution in [2.75, 3.05) is 11.9 Å². The predicted octanol–water partition coefficient (Wildman–Crippen LogP) is 2.77. The Balaban J connectivity index is 2.31. The Morgan fingerprint density at radius 2 is 2.36 bits per heavy atom. The van der Waals surface area contributed by atoms with Crippen molar-refractivity contribution in [3.8, 4) is 11.5 Å². The Bertz CT molecular complexity index is 395. The largest absolute Gasteiger partial charge is 0.463 e. The van der Waals surface area contributed by atoms with E-state index in [1.54, 1.807) is 12.5 Å². The number of nitrogens with zero attached hydrogens (tertiary/aromatic N) is 1. The van der Waals surface area contributed by atoms with Crippen LogP contribution in [0.4, 0.5) is 5.69 Å². The van der Waals surface area contributed by atoms with Crippen molar-refractivity contribution < 1.29 is 4.42 Å². The first-order chi connectivity index (χ1) is 6.90. The molecular formula is C11H12N2O. The normalized spacial score (nSPS) is 10.1. The van der Waals surface area contributed by atoms with Crippen LogP contribution in [0.25, 0.3) is 11.5 Å². The number of aromatic nitrogens is 1. The molecule has 0 saturated carbocycles. The smallest absolute Gasteiger partial charge is 0.152 e. The summed E-state index contributed by atoms with van der Waals surface area (Å²) in [5.74, 6) is 0.796. The number of furan rings is 1. The molecule has 0 aliphatic rings. The molecule has 72 valence electrons. The van der Waals surface area contributed by atoms with Crippen LogP contribution in [-0.2, 0) is 0 Å². The summed E-state index contributed by atoms with van der Waals surface area (Å²) in [7, 11) is 0. The topological polar surface area (TPSA) is 38.1 Å². The van der Waals surface area contributed by atoms with Crippen molar-refractivity contribution in [1.82, 2.24) is 4.98 Å². The molecule has 0 aliphatic heterocycles. The molecule has 0 radical (unpaired) electrons. The van der Waals surface area contributed by atoms with Crippen molar-refractivity contribution >= 4 is 5.69 Å².